The molecule has 0 bridgehead atoms. The third kappa shape index (κ3) is 3.16. The number of anilines is 4. The van der Waals surface area contributed by atoms with Crippen LogP contribution in [0.3, 0.4) is 0 Å². The monoisotopic (exact) mass is 304 g/mol. The maximum absolute atomic E-state index is 6.21. The molecule has 1 aliphatic heterocycles. The van der Waals surface area contributed by atoms with Crippen LogP contribution < -0.4 is 16.0 Å². The van der Waals surface area contributed by atoms with E-state index in [0.29, 0.717) is 16.9 Å². The Kier molecular flexibility index (Phi) is 3.79. The smallest absolute Gasteiger partial charge is 0.233 e. The van der Waals surface area contributed by atoms with E-state index in [1.54, 1.807) is 0 Å². The van der Waals surface area contributed by atoms with Crippen molar-refractivity contribution >= 4 is 35.1 Å². The van der Waals surface area contributed by atoms with Crippen molar-refractivity contribution in [1.82, 2.24) is 15.0 Å². The fourth-order valence-corrected chi connectivity index (χ4v) is 2.62. The van der Waals surface area contributed by atoms with E-state index >= 15 is 0 Å². The van der Waals surface area contributed by atoms with Crippen molar-refractivity contribution < 1.29 is 0 Å². The number of benzene rings is 1. The van der Waals surface area contributed by atoms with E-state index in [0.717, 1.165) is 37.2 Å². The van der Waals surface area contributed by atoms with Crippen LogP contribution in [0.1, 0.15) is 18.4 Å². The van der Waals surface area contributed by atoms with Crippen molar-refractivity contribution in [1.29, 1.82) is 0 Å². The molecule has 1 aromatic carbocycles. The van der Waals surface area contributed by atoms with Gasteiger partial charge in [-0.1, -0.05) is 17.7 Å². The molecule has 2 heterocycles. The molecule has 7 heteroatoms. The van der Waals surface area contributed by atoms with Crippen molar-refractivity contribution in [2.75, 3.05) is 29.0 Å². The lowest BCUT2D eigenvalue weighted by molar-refractivity contribution is 0.887. The van der Waals surface area contributed by atoms with Gasteiger partial charge in [0.25, 0.3) is 0 Å². The number of halogens is 1. The Labute approximate surface area is 128 Å². The normalized spacial score (nSPS) is 14.5. The lowest BCUT2D eigenvalue weighted by atomic mass is 10.2. The van der Waals surface area contributed by atoms with Gasteiger partial charge in [0, 0.05) is 13.1 Å². The van der Waals surface area contributed by atoms with Gasteiger partial charge in [-0.3, -0.25) is 0 Å². The van der Waals surface area contributed by atoms with Crippen molar-refractivity contribution in [2.24, 2.45) is 0 Å². The van der Waals surface area contributed by atoms with Crippen LogP contribution in [0.15, 0.2) is 18.2 Å². The number of aromatic nitrogens is 3. The Bertz CT molecular complexity index is 654. The highest BCUT2D eigenvalue weighted by Crippen LogP contribution is 2.26. The number of aryl methyl sites for hydroxylation is 1. The minimum atomic E-state index is 0.206. The fraction of sp³-hybridized carbons (Fsp3) is 0.357. The van der Waals surface area contributed by atoms with Crippen LogP contribution in [0.5, 0.6) is 0 Å². The molecule has 1 aromatic heterocycles. The lowest BCUT2D eigenvalue weighted by Gasteiger charge is -2.16. The third-order valence-corrected chi connectivity index (χ3v) is 3.71. The molecule has 0 unspecified atom stereocenters. The van der Waals surface area contributed by atoms with Crippen LogP contribution in [-0.2, 0) is 0 Å². The second kappa shape index (κ2) is 5.73. The highest BCUT2D eigenvalue weighted by atomic mass is 35.5. The molecule has 0 spiro atoms. The second-order valence-corrected chi connectivity index (χ2v) is 5.53. The van der Waals surface area contributed by atoms with E-state index in [1.807, 2.05) is 25.1 Å². The quantitative estimate of drug-likeness (QED) is 0.907. The van der Waals surface area contributed by atoms with Gasteiger partial charge in [-0.15, -0.1) is 0 Å². The van der Waals surface area contributed by atoms with Crippen LogP contribution in [-0.4, -0.2) is 28.0 Å². The zero-order chi connectivity index (χ0) is 14.8. The molecule has 0 saturated carbocycles. The molecule has 3 rings (SSSR count). The van der Waals surface area contributed by atoms with Gasteiger partial charge in [-0.2, -0.15) is 15.0 Å². The van der Waals surface area contributed by atoms with Crippen molar-refractivity contribution in [3.63, 3.8) is 0 Å². The standard InChI is InChI=1S/C14H17ClN6/c1-9-4-5-11(10(15)8-9)17-13-18-12(16)19-14(20-13)21-6-2-3-7-21/h4-5,8H,2-3,6-7H2,1H3,(H3,16,17,18,19,20). The maximum Gasteiger partial charge on any atom is 0.233 e. The van der Waals surface area contributed by atoms with Gasteiger partial charge in [-0.05, 0) is 37.5 Å². The molecule has 21 heavy (non-hydrogen) atoms. The first kappa shape index (κ1) is 13.9. The topological polar surface area (TPSA) is 80.0 Å². The Morgan fingerprint density at radius 2 is 1.95 bits per heavy atom. The molecule has 110 valence electrons. The van der Waals surface area contributed by atoms with Crippen LogP contribution in [0.4, 0.5) is 23.5 Å². The predicted octanol–water partition coefficient (Wildman–Crippen LogP) is 2.76. The van der Waals surface area contributed by atoms with Gasteiger partial charge >= 0.3 is 0 Å². The summed E-state index contributed by atoms with van der Waals surface area (Å²) in [6.45, 7) is 3.89. The minimum absolute atomic E-state index is 0.206. The van der Waals surface area contributed by atoms with Crippen molar-refractivity contribution in [3.8, 4) is 0 Å². The Hall–Kier alpha value is -2.08. The lowest BCUT2D eigenvalue weighted by Crippen LogP contribution is -2.22. The largest absolute Gasteiger partial charge is 0.368 e. The van der Waals surface area contributed by atoms with Crippen molar-refractivity contribution in [3.05, 3.63) is 28.8 Å². The zero-order valence-electron chi connectivity index (χ0n) is 11.8. The van der Waals surface area contributed by atoms with Crippen LogP contribution in [0.2, 0.25) is 5.02 Å². The number of nitrogens with two attached hydrogens (primary N) is 1. The summed E-state index contributed by atoms with van der Waals surface area (Å²) in [6.07, 6.45) is 2.30. The first-order valence-electron chi connectivity index (χ1n) is 6.91. The molecule has 0 aliphatic carbocycles. The summed E-state index contributed by atoms with van der Waals surface area (Å²) in [6, 6.07) is 5.75. The number of nitrogens with zero attached hydrogens (tertiary/aromatic N) is 4. The van der Waals surface area contributed by atoms with Gasteiger partial charge in [-0.25, -0.2) is 0 Å². The molecular formula is C14H17ClN6. The molecule has 0 amide bonds. The summed E-state index contributed by atoms with van der Waals surface area (Å²) in [5.74, 6) is 1.23. The number of hydrogen-bond donors (Lipinski definition) is 2. The van der Waals surface area contributed by atoms with Gasteiger partial charge in [0.1, 0.15) is 0 Å². The summed E-state index contributed by atoms with van der Waals surface area (Å²) in [5, 5.41) is 3.73. The first-order valence-corrected chi connectivity index (χ1v) is 7.29. The number of nitrogens with one attached hydrogen (secondary N) is 1. The minimum Gasteiger partial charge on any atom is -0.368 e. The molecular weight excluding hydrogens is 288 g/mol. The van der Waals surface area contributed by atoms with E-state index in [9.17, 15) is 0 Å². The van der Waals surface area contributed by atoms with Crippen LogP contribution >= 0.6 is 11.6 Å². The average molecular weight is 305 g/mol. The highest BCUT2D eigenvalue weighted by molar-refractivity contribution is 6.33. The fourth-order valence-electron chi connectivity index (χ4n) is 2.34. The van der Waals surface area contributed by atoms with Crippen LogP contribution in [0.25, 0.3) is 0 Å². The number of hydrogen-bond acceptors (Lipinski definition) is 6. The van der Waals surface area contributed by atoms with Crippen molar-refractivity contribution in [2.45, 2.75) is 19.8 Å². The maximum atomic E-state index is 6.21. The molecule has 6 nitrogen and oxygen atoms in total. The SMILES string of the molecule is Cc1ccc(Nc2nc(N)nc(N3CCCC3)n2)c(Cl)c1. The molecule has 1 aliphatic rings. The predicted molar refractivity (Wildman–Crippen MR) is 85.2 cm³/mol. The summed E-state index contributed by atoms with van der Waals surface area (Å²) in [4.78, 5) is 14.9. The van der Waals surface area contributed by atoms with E-state index in [-0.39, 0.29) is 5.95 Å². The number of nitrogen functional groups attached to an aromatic ring is 1. The summed E-state index contributed by atoms with van der Waals surface area (Å²) >= 11 is 6.21. The summed E-state index contributed by atoms with van der Waals surface area (Å²) in [7, 11) is 0. The van der Waals surface area contributed by atoms with Gasteiger partial charge in [0.15, 0.2) is 0 Å². The van der Waals surface area contributed by atoms with E-state index in [1.165, 1.54) is 0 Å². The van der Waals surface area contributed by atoms with E-state index < -0.39 is 0 Å². The second-order valence-electron chi connectivity index (χ2n) is 5.12. The molecule has 3 N–H and O–H groups in total. The molecule has 2 aromatic rings. The van der Waals surface area contributed by atoms with Crippen LogP contribution in [0, 0.1) is 6.92 Å². The average Bonchev–Trinajstić information content (AvgIpc) is 2.95. The summed E-state index contributed by atoms with van der Waals surface area (Å²) < 4.78 is 0. The zero-order valence-corrected chi connectivity index (χ0v) is 12.6. The number of rotatable bonds is 3. The van der Waals surface area contributed by atoms with Gasteiger partial charge < -0.3 is 16.0 Å². The van der Waals surface area contributed by atoms with Gasteiger partial charge in [0.2, 0.25) is 17.8 Å². The molecule has 0 radical (unpaired) electrons. The van der Waals surface area contributed by atoms with E-state index in [4.69, 9.17) is 17.3 Å². The van der Waals surface area contributed by atoms with E-state index in [2.05, 4.69) is 25.2 Å². The molecule has 1 saturated heterocycles. The summed E-state index contributed by atoms with van der Waals surface area (Å²) in [5.41, 5.74) is 7.63. The van der Waals surface area contributed by atoms with Gasteiger partial charge in [0.05, 0.1) is 10.7 Å². The third-order valence-electron chi connectivity index (χ3n) is 3.40. The Morgan fingerprint density at radius 1 is 1.19 bits per heavy atom. The Balaban J connectivity index is 1.87. The molecule has 0 atom stereocenters. The Morgan fingerprint density at radius 3 is 2.67 bits per heavy atom. The first-order chi connectivity index (χ1) is 10.1. The highest BCUT2D eigenvalue weighted by Gasteiger charge is 2.17. The molecule has 1 fully saturated rings.